The maximum Gasteiger partial charge on any atom is 0.145 e. The molecule has 0 aliphatic carbocycles. The van der Waals surface area contributed by atoms with Crippen LogP contribution in [0.15, 0.2) is 115 Å². The van der Waals surface area contributed by atoms with Gasteiger partial charge in [-0.3, -0.25) is 4.57 Å². The lowest BCUT2D eigenvalue weighted by molar-refractivity contribution is 0.477. The largest absolute Gasteiger partial charge is 0.507 e. The van der Waals surface area contributed by atoms with E-state index in [1.807, 2.05) is 18.2 Å². The fourth-order valence-electron chi connectivity index (χ4n) is 7.58. The van der Waals surface area contributed by atoms with Gasteiger partial charge in [0.15, 0.2) is 0 Å². The molecule has 268 valence electrons. The lowest BCUT2D eigenvalue weighted by Crippen LogP contribution is -2.08. The van der Waals surface area contributed by atoms with Crippen LogP contribution in [0.5, 0.6) is 5.75 Å². The van der Waals surface area contributed by atoms with Crippen molar-refractivity contribution < 1.29 is 5.11 Å². The van der Waals surface area contributed by atoms with Crippen LogP contribution in [0.2, 0.25) is 0 Å². The van der Waals surface area contributed by atoms with Crippen LogP contribution in [-0.2, 0) is 0 Å². The summed E-state index contributed by atoms with van der Waals surface area (Å²) in [7, 11) is 0. The van der Waals surface area contributed by atoms with Crippen LogP contribution in [0.25, 0.3) is 61.8 Å². The number of phenols is 1. The Morgan fingerprint density at radius 1 is 0.547 bits per heavy atom. The number of phenolic OH excluding ortho intramolecular Hbond substituents is 1. The average Bonchev–Trinajstić information content (AvgIpc) is 3.53. The van der Waals surface area contributed by atoms with Gasteiger partial charge in [-0.1, -0.05) is 134 Å². The molecule has 0 radical (unpaired) electrons. The molecule has 0 bridgehead atoms. The summed E-state index contributed by atoms with van der Waals surface area (Å²) < 4.78 is 2.39. The molecule has 0 amide bonds. The SMILES string of the molecule is Cc1cc(-c2ccccc2O)nc(-c2cccc(-c3nc4ccccc4n3-c3c(C(C)C)cccc3C(C)C)c2)c1-c1cc(C(C)C)cc(C(C)C)c1. The highest BCUT2D eigenvalue weighted by atomic mass is 16.3. The molecule has 1 N–H and O–H groups in total. The van der Waals surface area contributed by atoms with Gasteiger partial charge in [-0.05, 0) is 100 Å². The summed E-state index contributed by atoms with van der Waals surface area (Å²) in [4.78, 5) is 10.7. The second kappa shape index (κ2) is 14.5. The Morgan fingerprint density at radius 3 is 1.79 bits per heavy atom. The van der Waals surface area contributed by atoms with Crippen molar-refractivity contribution in [1.82, 2.24) is 14.5 Å². The molecule has 0 aliphatic heterocycles. The third kappa shape index (κ3) is 6.79. The zero-order valence-corrected chi connectivity index (χ0v) is 32.6. The van der Waals surface area contributed by atoms with Crippen molar-refractivity contribution in [1.29, 1.82) is 0 Å². The van der Waals surface area contributed by atoms with E-state index in [0.717, 1.165) is 56.1 Å². The lowest BCUT2D eigenvalue weighted by Gasteiger charge is -2.23. The van der Waals surface area contributed by atoms with Gasteiger partial charge in [-0.15, -0.1) is 0 Å². The number of benzene rings is 5. The predicted octanol–water partition coefficient (Wildman–Crippen LogP) is 13.6. The van der Waals surface area contributed by atoms with Gasteiger partial charge in [0, 0.05) is 22.3 Å². The van der Waals surface area contributed by atoms with E-state index in [4.69, 9.17) is 9.97 Å². The minimum Gasteiger partial charge on any atom is -0.507 e. The van der Waals surface area contributed by atoms with Gasteiger partial charge < -0.3 is 5.11 Å². The molecule has 0 saturated heterocycles. The Morgan fingerprint density at radius 2 is 1.15 bits per heavy atom. The predicted molar refractivity (Wildman–Crippen MR) is 223 cm³/mol. The number of hydrogen-bond donors (Lipinski definition) is 1. The van der Waals surface area contributed by atoms with Crippen LogP contribution in [0.3, 0.4) is 0 Å². The van der Waals surface area contributed by atoms with Gasteiger partial charge in [0.25, 0.3) is 0 Å². The van der Waals surface area contributed by atoms with E-state index < -0.39 is 0 Å². The number of pyridine rings is 1. The van der Waals surface area contributed by atoms with Gasteiger partial charge in [0.2, 0.25) is 0 Å². The van der Waals surface area contributed by atoms with E-state index in [-0.39, 0.29) is 5.75 Å². The smallest absolute Gasteiger partial charge is 0.145 e. The average molecular weight is 698 g/mol. The van der Waals surface area contributed by atoms with Crippen LogP contribution >= 0.6 is 0 Å². The Balaban J connectivity index is 1.52. The van der Waals surface area contributed by atoms with Crippen molar-refractivity contribution in [3.8, 4) is 56.5 Å². The molecule has 0 atom stereocenters. The number of rotatable bonds is 9. The van der Waals surface area contributed by atoms with E-state index >= 15 is 0 Å². The van der Waals surface area contributed by atoms with Crippen molar-refractivity contribution in [2.45, 2.75) is 86.0 Å². The van der Waals surface area contributed by atoms with Gasteiger partial charge in [-0.25, -0.2) is 9.97 Å². The highest BCUT2D eigenvalue weighted by Crippen LogP contribution is 2.42. The molecule has 2 aromatic heterocycles. The molecule has 0 aliphatic rings. The van der Waals surface area contributed by atoms with E-state index in [2.05, 4.69) is 158 Å². The maximum absolute atomic E-state index is 11.0. The summed E-state index contributed by atoms with van der Waals surface area (Å²) in [5.74, 6) is 2.54. The first-order valence-electron chi connectivity index (χ1n) is 19.1. The van der Waals surface area contributed by atoms with Gasteiger partial charge >= 0.3 is 0 Å². The summed E-state index contributed by atoms with van der Waals surface area (Å²) in [5.41, 5.74) is 16.2. The molecule has 7 rings (SSSR count). The van der Waals surface area contributed by atoms with Crippen molar-refractivity contribution in [3.63, 3.8) is 0 Å². The molecule has 0 spiro atoms. The Kier molecular flexibility index (Phi) is 9.83. The standard InChI is InChI=1S/C49H51N3O/c1-29(2)36-26-37(30(3)4)28-38(27-36)46-33(9)24-43(41-18-10-13-23-45(41)53)50-47(46)34-16-14-17-35(25-34)49-51-42-21-11-12-22-44(42)52(49)48-39(31(5)6)19-15-20-40(48)32(7)8/h10-32,53H,1-9H3. The summed E-state index contributed by atoms with van der Waals surface area (Å²) in [6, 6.07) is 40.5. The number of nitrogens with zero attached hydrogens (tertiary/aromatic N) is 3. The van der Waals surface area contributed by atoms with Crippen LogP contribution in [0.4, 0.5) is 0 Å². The van der Waals surface area contributed by atoms with Gasteiger partial charge in [-0.2, -0.15) is 0 Å². The molecule has 0 fully saturated rings. The van der Waals surface area contributed by atoms with Crippen LogP contribution in [0, 0.1) is 6.92 Å². The molecule has 53 heavy (non-hydrogen) atoms. The summed E-state index contributed by atoms with van der Waals surface area (Å²) in [6.45, 7) is 20.3. The van der Waals surface area contributed by atoms with Crippen molar-refractivity contribution in [3.05, 3.63) is 143 Å². The van der Waals surface area contributed by atoms with Crippen molar-refractivity contribution >= 4 is 11.0 Å². The minimum atomic E-state index is 0.217. The zero-order valence-electron chi connectivity index (χ0n) is 32.6. The molecule has 7 aromatic rings. The molecule has 0 saturated carbocycles. The zero-order chi connectivity index (χ0) is 37.6. The Hall–Kier alpha value is -5.48. The third-order valence-electron chi connectivity index (χ3n) is 10.5. The first-order valence-corrected chi connectivity index (χ1v) is 19.1. The van der Waals surface area contributed by atoms with E-state index in [1.165, 1.54) is 27.9 Å². The number of aromatic nitrogens is 3. The fraction of sp³-hybridized carbons (Fsp3) is 0.265. The summed E-state index contributed by atoms with van der Waals surface area (Å²) in [5, 5.41) is 11.0. The molecule has 4 heteroatoms. The fourth-order valence-corrected chi connectivity index (χ4v) is 7.58. The van der Waals surface area contributed by atoms with E-state index in [1.54, 1.807) is 6.07 Å². The minimum absolute atomic E-state index is 0.217. The lowest BCUT2D eigenvalue weighted by atomic mass is 9.87. The normalized spacial score (nSPS) is 11.9. The first-order chi connectivity index (χ1) is 25.4. The van der Waals surface area contributed by atoms with E-state index in [0.29, 0.717) is 29.2 Å². The quantitative estimate of drug-likeness (QED) is 0.163. The summed E-state index contributed by atoms with van der Waals surface area (Å²) in [6.07, 6.45) is 0. The van der Waals surface area contributed by atoms with Gasteiger partial charge in [0.05, 0.1) is 28.1 Å². The number of aromatic hydroxyl groups is 1. The number of hydrogen-bond acceptors (Lipinski definition) is 3. The summed E-state index contributed by atoms with van der Waals surface area (Å²) >= 11 is 0. The highest BCUT2D eigenvalue weighted by molar-refractivity contribution is 5.89. The molecule has 2 heterocycles. The molecular formula is C49H51N3O. The van der Waals surface area contributed by atoms with Crippen molar-refractivity contribution in [2.24, 2.45) is 0 Å². The Labute approximate surface area is 315 Å². The number of para-hydroxylation sites is 4. The maximum atomic E-state index is 11.0. The molecule has 0 unspecified atom stereocenters. The molecule has 5 aromatic carbocycles. The number of fused-ring (bicyclic) bond motifs is 1. The topological polar surface area (TPSA) is 50.9 Å². The molecular weight excluding hydrogens is 647 g/mol. The van der Waals surface area contributed by atoms with Crippen LogP contribution < -0.4 is 0 Å². The van der Waals surface area contributed by atoms with Crippen molar-refractivity contribution in [2.75, 3.05) is 0 Å². The third-order valence-corrected chi connectivity index (χ3v) is 10.5. The van der Waals surface area contributed by atoms with Gasteiger partial charge in [0.1, 0.15) is 11.6 Å². The van der Waals surface area contributed by atoms with Crippen LogP contribution in [-0.4, -0.2) is 19.6 Å². The number of aryl methyl sites for hydroxylation is 1. The Bertz CT molecular complexity index is 2390. The number of imidazole rings is 1. The van der Waals surface area contributed by atoms with Crippen LogP contribution in [0.1, 0.15) is 107 Å². The molecule has 4 nitrogen and oxygen atoms in total. The first kappa shape index (κ1) is 35.9. The van der Waals surface area contributed by atoms with E-state index in [9.17, 15) is 5.11 Å². The second-order valence-corrected chi connectivity index (χ2v) is 15.7. The highest BCUT2D eigenvalue weighted by Gasteiger charge is 2.24. The monoisotopic (exact) mass is 697 g/mol. The second-order valence-electron chi connectivity index (χ2n) is 15.7.